The summed E-state index contributed by atoms with van der Waals surface area (Å²) in [6, 6.07) is 11.9. The number of fused-ring (bicyclic) bond motifs is 1. The molecule has 3 rings (SSSR count). The van der Waals surface area contributed by atoms with Crippen LogP contribution in [0.1, 0.15) is 0 Å². The van der Waals surface area contributed by atoms with Crippen molar-refractivity contribution in [3.63, 3.8) is 0 Å². The zero-order chi connectivity index (χ0) is 18.7. The van der Waals surface area contributed by atoms with E-state index in [1.165, 1.54) is 11.7 Å². The second-order valence-corrected chi connectivity index (χ2v) is 6.07. The number of benzene rings is 2. The first-order valence-corrected chi connectivity index (χ1v) is 8.22. The molecule has 3 aromatic rings. The summed E-state index contributed by atoms with van der Waals surface area (Å²) < 4.78 is 12.3. The fourth-order valence-corrected chi connectivity index (χ4v) is 2.75. The Bertz CT molecular complexity index is 1030. The average Bonchev–Trinajstić information content (AvgIpc) is 2.63. The molecule has 26 heavy (non-hydrogen) atoms. The molecule has 1 amide bonds. The minimum Gasteiger partial charge on any atom is -0.495 e. The summed E-state index contributed by atoms with van der Waals surface area (Å²) in [5, 5.41) is 4.37. The van der Waals surface area contributed by atoms with E-state index in [-0.39, 0.29) is 18.1 Å². The average molecular weight is 373 g/mol. The van der Waals surface area contributed by atoms with Crippen LogP contribution in [0.3, 0.4) is 0 Å². The summed E-state index contributed by atoms with van der Waals surface area (Å²) in [4.78, 5) is 24.4. The molecule has 1 heterocycles. The second kappa shape index (κ2) is 7.49. The lowest BCUT2D eigenvalue weighted by Gasteiger charge is -2.12. The van der Waals surface area contributed by atoms with Gasteiger partial charge < -0.3 is 19.4 Å². The molecule has 134 valence electrons. The number of methoxy groups -OCH3 is 1. The Kier molecular flexibility index (Phi) is 5.14. The van der Waals surface area contributed by atoms with Crippen LogP contribution in [0, 0.1) is 0 Å². The van der Waals surface area contributed by atoms with E-state index in [2.05, 4.69) is 5.32 Å². The van der Waals surface area contributed by atoms with Gasteiger partial charge in [-0.2, -0.15) is 0 Å². The van der Waals surface area contributed by atoms with Crippen molar-refractivity contribution in [2.45, 2.75) is 0 Å². The lowest BCUT2D eigenvalue weighted by atomic mass is 10.1. The van der Waals surface area contributed by atoms with E-state index < -0.39 is 0 Å². The smallest absolute Gasteiger partial charge is 0.262 e. The minimum absolute atomic E-state index is 0.124. The van der Waals surface area contributed by atoms with E-state index in [1.807, 2.05) is 0 Å². The number of nitrogens with one attached hydrogen (secondary N) is 1. The SMILES string of the molecule is COc1ccc(Cl)cc1NC(=O)COc1cccc2c(=O)n(C)ccc12. The van der Waals surface area contributed by atoms with Gasteiger partial charge in [0, 0.05) is 23.7 Å². The highest BCUT2D eigenvalue weighted by atomic mass is 35.5. The fraction of sp³-hybridized carbons (Fsp3) is 0.158. The van der Waals surface area contributed by atoms with Gasteiger partial charge in [0.1, 0.15) is 11.5 Å². The maximum atomic E-state index is 12.2. The van der Waals surface area contributed by atoms with Gasteiger partial charge in [-0.25, -0.2) is 0 Å². The van der Waals surface area contributed by atoms with Crippen LogP contribution in [0.15, 0.2) is 53.5 Å². The number of anilines is 1. The summed E-state index contributed by atoms with van der Waals surface area (Å²) in [7, 11) is 3.19. The zero-order valence-electron chi connectivity index (χ0n) is 14.3. The zero-order valence-corrected chi connectivity index (χ0v) is 15.0. The van der Waals surface area contributed by atoms with E-state index in [4.69, 9.17) is 21.1 Å². The molecule has 2 aromatic carbocycles. The van der Waals surface area contributed by atoms with Gasteiger partial charge in [-0.3, -0.25) is 9.59 Å². The number of hydrogen-bond donors (Lipinski definition) is 1. The molecule has 0 fully saturated rings. The number of nitrogens with zero attached hydrogens (tertiary/aromatic N) is 1. The van der Waals surface area contributed by atoms with Crippen LogP contribution in [-0.2, 0) is 11.8 Å². The molecular weight excluding hydrogens is 356 g/mol. The third-order valence-electron chi connectivity index (χ3n) is 3.88. The summed E-state index contributed by atoms with van der Waals surface area (Å²) >= 11 is 5.95. The molecule has 0 aliphatic heterocycles. The monoisotopic (exact) mass is 372 g/mol. The van der Waals surface area contributed by atoms with E-state index in [9.17, 15) is 9.59 Å². The molecule has 0 aliphatic rings. The Morgan fingerprint density at radius 2 is 1.96 bits per heavy atom. The van der Waals surface area contributed by atoms with Crippen molar-refractivity contribution in [2.24, 2.45) is 7.05 Å². The van der Waals surface area contributed by atoms with Gasteiger partial charge in [-0.1, -0.05) is 17.7 Å². The molecule has 0 spiro atoms. The lowest BCUT2D eigenvalue weighted by molar-refractivity contribution is -0.118. The fourth-order valence-electron chi connectivity index (χ4n) is 2.58. The molecule has 0 radical (unpaired) electrons. The van der Waals surface area contributed by atoms with Crippen LogP contribution in [-0.4, -0.2) is 24.2 Å². The Morgan fingerprint density at radius 3 is 2.73 bits per heavy atom. The molecule has 0 aliphatic carbocycles. The highest BCUT2D eigenvalue weighted by molar-refractivity contribution is 6.31. The lowest BCUT2D eigenvalue weighted by Crippen LogP contribution is -2.21. The minimum atomic E-state index is -0.369. The Labute approximate surface area is 154 Å². The quantitative estimate of drug-likeness (QED) is 0.746. The first kappa shape index (κ1) is 17.8. The van der Waals surface area contributed by atoms with Crippen LogP contribution in [0.25, 0.3) is 10.8 Å². The van der Waals surface area contributed by atoms with Gasteiger partial charge in [-0.05, 0) is 36.4 Å². The van der Waals surface area contributed by atoms with Crippen molar-refractivity contribution < 1.29 is 14.3 Å². The van der Waals surface area contributed by atoms with Crippen LogP contribution in [0.4, 0.5) is 5.69 Å². The van der Waals surface area contributed by atoms with Crippen molar-refractivity contribution in [3.8, 4) is 11.5 Å². The van der Waals surface area contributed by atoms with Gasteiger partial charge in [0.25, 0.3) is 11.5 Å². The Hall–Kier alpha value is -2.99. The number of pyridine rings is 1. The Morgan fingerprint density at radius 1 is 1.15 bits per heavy atom. The number of hydrogen-bond acceptors (Lipinski definition) is 4. The van der Waals surface area contributed by atoms with E-state index in [0.717, 1.165) is 0 Å². The number of amides is 1. The van der Waals surface area contributed by atoms with E-state index in [0.29, 0.717) is 33.0 Å². The van der Waals surface area contributed by atoms with Gasteiger partial charge in [-0.15, -0.1) is 0 Å². The highest BCUT2D eigenvalue weighted by Gasteiger charge is 2.11. The van der Waals surface area contributed by atoms with Crippen molar-refractivity contribution in [3.05, 3.63) is 64.0 Å². The molecule has 6 nitrogen and oxygen atoms in total. The molecule has 7 heteroatoms. The predicted molar refractivity (Wildman–Crippen MR) is 101 cm³/mol. The number of aromatic nitrogens is 1. The third kappa shape index (κ3) is 3.65. The number of halogens is 1. The van der Waals surface area contributed by atoms with E-state index in [1.54, 1.807) is 55.7 Å². The van der Waals surface area contributed by atoms with Crippen LogP contribution < -0.4 is 20.3 Å². The van der Waals surface area contributed by atoms with Crippen molar-refractivity contribution in [1.82, 2.24) is 4.57 Å². The first-order valence-electron chi connectivity index (χ1n) is 7.84. The standard InChI is InChI=1S/C19H17ClN2O4/c1-22-9-8-13-14(19(22)24)4-3-5-16(13)26-11-18(23)21-15-10-12(20)6-7-17(15)25-2/h3-10H,11H2,1-2H3,(H,21,23). The van der Waals surface area contributed by atoms with Gasteiger partial charge in [0.2, 0.25) is 0 Å². The molecular formula is C19H17ClN2O4. The molecule has 1 N–H and O–H groups in total. The predicted octanol–water partition coefficient (Wildman–Crippen LogP) is 3.22. The summed E-state index contributed by atoms with van der Waals surface area (Å²) in [5.74, 6) is 0.594. The summed E-state index contributed by atoms with van der Waals surface area (Å²) in [5.41, 5.74) is 0.335. The van der Waals surface area contributed by atoms with Gasteiger partial charge in [0.05, 0.1) is 18.2 Å². The molecule has 0 saturated carbocycles. The van der Waals surface area contributed by atoms with Crippen LogP contribution >= 0.6 is 11.6 Å². The molecule has 0 atom stereocenters. The molecule has 0 unspecified atom stereocenters. The third-order valence-corrected chi connectivity index (χ3v) is 4.11. The maximum Gasteiger partial charge on any atom is 0.262 e. The number of aryl methyl sites for hydroxylation is 1. The topological polar surface area (TPSA) is 69.6 Å². The van der Waals surface area contributed by atoms with Crippen molar-refractivity contribution in [2.75, 3.05) is 19.0 Å². The second-order valence-electron chi connectivity index (χ2n) is 5.63. The summed E-state index contributed by atoms with van der Waals surface area (Å²) in [6.45, 7) is -0.218. The van der Waals surface area contributed by atoms with Crippen LogP contribution in [0.5, 0.6) is 11.5 Å². The number of carbonyl (C=O) groups is 1. The maximum absolute atomic E-state index is 12.2. The number of rotatable bonds is 5. The number of carbonyl (C=O) groups excluding carboxylic acids is 1. The first-order chi connectivity index (χ1) is 12.5. The van der Waals surface area contributed by atoms with Gasteiger partial charge >= 0.3 is 0 Å². The molecule has 0 saturated heterocycles. The van der Waals surface area contributed by atoms with Crippen LogP contribution in [0.2, 0.25) is 5.02 Å². The highest BCUT2D eigenvalue weighted by Crippen LogP contribution is 2.28. The van der Waals surface area contributed by atoms with Crippen molar-refractivity contribution in [1.29, 1.82) is 0 Å². The van der Waals surface area contributed by atoms with Gasteiger partial charge in [0.15, 0.2) is 6.61 Å². The van der Waals surface area contributed by atoms with Crippen molar-refractivity contribution >= 4 is 34.0 Å². The normalized spacial score (nSPS) is 10.6. The number of ether oxygens (including phenoxy) is 2. The Balaban J connectivity index is 1.77. The largest absolute Gasteiger partial charge is 0.495 e. The summed E-state index contributed by atoms with van der Waals surface area (Å²) in [6.07, 6.45) is 1.66. The molecule has 0 bridgehead atoms. The molecule has 1 aromatic heterocycles. The van der Waals surface area contributed by atoms with E-state index >= 15 is 0 Å².